The smallest absolute Gasteiger partial charge is 0.255 e. The Labute approximate surface area is 239 Å². The number of Topliss-reactive ketones (excluding diaryl/α,β-unsaturated/α-hetero) is 1. The van der Waals surface area contributed by atoms with Crippen LogP contribution in [-0.2, 0) is 16.2 Å². The number of ketones is 1. The third-order valence-corrected chi connectivity index (χ3v) is 7.17. The van der Waals surface area contributed by atoms with E-state index in [2.05, 4.69) is 15.6 Å². The summed E-state index contributed by atoms with van der Waals surface area (Å²) >= 11 is 0. The third kappa shape index (κ3) is 8.27. The van der Waals surface area contributed by atoms with Crippen molar-refractivity contribution in [1.29, 1.82) is 0 Å². The fourth-order valence-electron chi connectivity index (χ4n) is 4.63. The summed E-state index contributed by atoms with van der Waals surface area (Å²) in [7, 11) is 0. The molecule has 3 amide bonds. The molecule has 12 heteroatoms. The van der Waals surface area contributed by atoms with Gasteiger partial charge < -0.3 is 38.3 Å². The number of benzene rings is 2. The summed E-state index contributed by atoms with van der Waals surface area (Å²) in [6, 6.07) is 8.36. The first-order valence-electron chi connectivity index (χ1n) is 13.7. The SMILES string of the molecule is CC[C@H](C)[C@@H]1NC(=O)c2cc(N=C(N)N)ccc2OCc2ccc(C(N)=O)cc2NC(=O)[C@H](CCCCN)CC1=O. The molecule has 220 valence electrons. The Balaban J connectivity index is 2.13. The Morgan fingerprint density at radius 3 is 2.51 bits per heavy atom. The number of nitrogens with two attached hydrogens (primary N) is 4. The Morgan fingerprint density at radius 1 is 1.10 bits per heavy atom. The lowest BCUT2D eigenvalue weighted by Gasteiger charge is -2.26. The normalized spacial score (nSPS) is 18.5. The summed E-state index contributed by atoms with van der Waals surface area (Å²) in [5.74, 6) is -2.74. The number of ether oxygens (including phenoxy) is 1. The lowest BCUT2D eigenvalue weighted by molar-refractivity contribution is -0.128. The largest absolute Gasteiger partial charge is 0.488 e. The Bertz CT molecular complexity index is 1320. The highest BCUT2D eigenvalue weighted by molar-refractivity contribution is 6.03. The van der Waals surface area contributed by atoms with Crippen LogP contribution in [0.25, 0.3) is 0 Å². The molecular weight excluding hydrogens is 526 g/mol. The van der Waals surface area contributed by atoms with E-state index in [9.17, 15) is 19.2 Å². The first-order chi connectivity index (χ1) is 19.5. The van der Waals surface area contributed by atoms with Crippen LogP contribution < -0.4 is 38.3 Å². The van der Waals surface area contributed by atoms with E-state index in [0.29, 0.717) is 49.2 Å². The van der Waals surface area contributed by atoms with Crippen LogP contribution in [0.5, 0.6) is 5.75 Å². The van der Waals surface area contributed by atoms with E-state index < -0.39 is 23.8 Å². The molecule has 0 bridgehead atoms. The van der Waals surface area contributed by atoms with Gasteiger partial charge >= 0.3 is 0 Å². The van der Waals surface area contributed by atoms with E-state index in [1.54, 1.807) is 18.2 Å². The first kappa shape index (κ1) is 31.1. The van der Waals surface area contributed by atoms with E-state index in [0.717, 1.165) is 0 Å². The van der Waals surface area contributed by atoms with Gasteiger partial charge in [-0.25, -0.2) is 4.99 Å². The Morgan fingerprint density at radius 2 is 1.85 bits per heavy atom. The number of guanidine groups is 1. The second-order valence-corrected chi connectivity index (χ2v) is 10.2. The topological polar surface area (TPSA) is 218 Å². The lowest BCUT2D eigenvalue weighted by Crippen LogP contribution is -2.46. The number of hydrogen-bond acceptors (Lipinski definition) is 7. The highest BCUT2D eigenvalue weighted by Crippen LogP contribution is 2.29. The van der Waals surface area contributed by atoms with Gasteiger partial charge in [0.2, 0.25) is 11.8 Å². The number of amides is 3. The molecule has 0 saturated carbocycles. The van der Waals surface area contributed by atoms with Gasteiger partial charge in [-0.05, 0) is 55.6 Å². The maximum atomic E-state index is 13.7. The van der Waals surface area contributed by atoms with Gasteiger partial charge in [0.25, 0.3) is 5.91 Å². The van der Waals surface area contributed by atoms with E-state index in [1.165, 1.54) is 18.2 Å². The van der Waals surface area contributed by atoms with Crippen LogP contribution in [0.3, 0.4) is 0 Å². The zero-order chi connectivity index (χ0) is 30.1. The number of hydrogen-bond donors (Lipinski definition) is 6. The molecule has 3 atom stereocenters. The predicted molar refractivity (Wildman–Crippen MR) is 157 cm³/mol. The summed E-state index contributed by atoms with van der Waals surface area (Å²) < 4.78 is 6.04. The highest BCUT2D eigenvalue weighted by Gasteiger charge is 2.32. The number of anilines is 1. The number of carbonyl (C=O) groups excluding carboxylic acids is 4. The zero-order valence-corrected chi connectivity index (χ0v) is 23.4. The van der Waals surface area contributed by atoms with Crippen molar-refractivity contribution in [3.63, 3.8) is 0 Å². The molecule has 3 rings (SSSR count). The lowest BCUT2D eigenvalue weighted by atomic mass is 9.87. The summed E-state index contributed by atoms with van der Waals surface area (Å²) in [6.45, 7) is 4.19. The number of primary amides is 1. The molecule has 2 aromatic carbocycles. The number of carbonyl (C=O) groups is 4. The Kier molecular flexibility index (Phi) is 10.8. The molecule has 1 heterocycles. The summed E-state index contributed by atoms with van der Waals surface area (Å²) in [4.78, 5) is 56.7. The van der Waals surface area contributed by atoms with Crippen molar-refractivity contribution in [3.8, 4) is 5.75 Å². The van der Waals surface area contributed by atoms with Crippen LogP contribution in [0, 0.1) is 11.8 Å². The number of rotatable bonds is 8. The minimum atomic E-state index is -0.853. The fourth-order valence-corrected chi connectivity index (χ4v) is 4.63. The Hall–Kier alpha value is -4.45. The molecular formula is C29H39N7O5. The van der Waals surface area contributed by atoms with Gasteiger partial charge in [-0.1, -0.05) is 32.8 Å². The molecule has 2 aromatic rings. The highest BCUT2D eigenvalue weighted by atomic mass is 16.5. The van der Waals surface area contributed by atoms with Gasteiger partial charge in [0.1, 0.15) is 12.4 Å². The van der Waals surface area contributed by atoms with Crippen molar-refractivity contribution in [2.24, 2.45) is 39.8 Å². The molecule has 0 saturated heterocycles. The summed E-state index contributed by atoms with van der Waals surface area (Å²) in [6.07, 6.45) is 2.27. The second-order valence-electron chi connectivity index (χ2n) is 10.2. The van der Waals surface area contributed by atoms with Crippen molar-refractivity contribution in [3.05, 3.63) is 53.1 Å². The number of nitrogens with zero attached hydrogens (tertiary/aromatic N) is 1. The monoisotopic (exact) mass is 565 g/mol. The van der Waals surface area contributed by atoms with Crippen LogP contribution in [0.1, 0.15) is 72.2 Å². The van der Waals surface area contributed by atoms with Crippen LogP contribution in [0.2, 0.25) is 0 Å². The molecule has 0 spiro atoms. The number of unbranched alkanes of at least 4 members (excludes halogenated alkanes) is 1. The molecule has 12 nitrogen and oxygen atoms in total. The quantitative estimate of drug-likeness (QED) is 0.158. The van der Waals surface area contributed by atoms with Crippen molar-refractivity contribution < 1.29 is 23.9 Å². The van der Waals surface area contributed by atoms with E-state index >= 15 is 0 Å². The molecule has 1 aliphatic rings. The molecule has 0 aromatic heterocycles. The number of aliphatic imine (C=N–C) groups is 1. The standard InChI is InChI=1S/C29H39N7O5/c1-3-16(2)25-23(37)13-18(6-4-5-11-30)27(39)35-22-12-17(26(31)38)7-8-19(22)15-41-24-10-9-20(34-29(32)33)14-21(24)28(40)36-25/h7-10,12,14,16,18,25H,3-6,11,13,15,30H2,1-2H3,(H2,31,38)(H,35,39)(H,36,40)(H4,32,33,34)/t16-,18+,25-/m0/s1. The van der Waals surface area contributed by atoms with Gasteiger partial charge in [-0.3, -0.25) is 19.2 Å². The van der Waals surface area contributed by atoms with Gasteiger partial charge in [0.15, 0.2) is 11.7 Å². The van der Waals surface area contributed by atoms with Gasteiger partial charge in [-0.2, -0.15) is 0 Å². The predicted octanol–water partition coefficient (Wildman–Crippen LogP) is 2.07. The second kappa shape index (κ2) is 14.3. The van der Waals surface area contributed by atoms with Crippen molar-refractivity contribution in [1.82, 2.24) is 5.32 Å². The number of fused-ring (bicyclic) bond motifs is 2. The van der Waals surface area contributed by atoms with Crippen molar-refractivity contribution >= 4 is 40.8 Å². The van der Waals surface area contributed by atoms with Crippen LogP contribution in [0.15, 0.2) is 41.4 Å². The molecule has 10 N–H and O–H groups in total. The maximum Gasteiger partial charge on any atom is 0.255 e. The van der Waals surface area contributed by atoms with Gasteiger partial charge in [0.05, 0.1) is 17.3 Å². The van der Waals surface area contributed by atoms with Gasteiger partial charge in [0, 0.05) is 29.2 Å². The minimum absolute atomic E-state index is 0.0534. The molecule has 0 radical (unpaired) electrons. The molecule has 41 heavy (non-hydrogen) atoms. The van der Waals surface area contributed by atoms with Crippen molar-refractivity contribution in [2.75, 3.05) is 11.9 Å². The minimum Gasteiger partial charge on any atom is -0.488 e. The summed E-state index contributed by atoms with van der Waals surface area (Å²) in [5.41, 5.74) is 23.7. The van der Waals surface area contributed by atoms with Crippen LogP contribution in [-0.4, -0.2) is 42.1 Å². The molecule has 0 unspecified atom stereocenters. The van der Waals surface area contributed by atoms with Crippen LogP contribution in [0.4, 0.5) is 11.4 Å². The van der Waals surface area contributed by atoms with Crippen LogP contribution >= 0.6 is 0 Å². The van der Waals surface area contributed by atoms with E-state index in [4.69, 9.17) is 27.7 Å². The van der Waals surface area contributed by atoms with E-state index in [1.807, 2.05) is 13.8 Å². The van der Waals surface area contributed by atoms with Gasteiger partial charge in [-0.15, -0.1) is 0 Å². The number of nitrogens with one attached hydrogen (secondary N) is 2. The zero-order valence-electron chi connectivity index (χ0n) is 23.4. The molecule has 0 aliphatic carbocycles. The fraction of sp³-hybridized carbons (Fsp3) is 0.414. The summed E-state index contributed by atoms with van der Waals surface area (Å²) in [5, 5.41) is 5.75. The average Bonchev–Trinajstić information content (AvgIpc) is 2.93. The average molecular weight is 566 g/mol. The first-order valence-corrected chi connectivity index (χ1v) is 13.7. The maximum absolute atomic E-state index is 13.7. The van der Waals surface area contributed by atoms with E-state index in [-0.39, 0.29) is 53.5 Å². The molecule has 1 aliphatic heterocycles. The third-order valence-electron chi connectivity index (χ3n) is 7.17. The molecule has 0 fully saturated rings. The van der Waals surface area contributed by atoms with Crippen molar-refractivity contribution in [2.45, 2.75) is 58.6 Å².